The van der Waals surface area contributed by atoms with Gasteiger partial charge in [-0.25, -0.2) is 23.1 Å². The lowest BCUT2D eigenvalue weighted by molar-refractivity contribution is -0.192. The van der Waals surface area contributed by atoms with Gasteiger partial charge in [0.05, 0.1) is 23.8 Å². The number of hydrogen-bond donors (Lipinski definition) is 8. The topological polar surface area (TPSA) is 330 Å². The number of aromatic nitrogens is 2. The molecule has 5 rings (SSSR count). The van der Waals surface area contributed by atoms with E-state index >= 15 is 4.39 Å². The fourth-order valence-electron chi connectivity index (χ4n) is 10.1. The number of carbonyl (C=O) groups excluding carboxylic acids is 8. The van der Waals surface area contributed by atoms with Gasteiger partial charge in [0.25, 0.3) is 11.8 Å². The normalized spacial score (nSPS) is 16.7. The summed E-state index contributed by atoms with van der Waals surface area (Å²) in [7, 11) is 0. The summed E-state index contributed by atoms with van der Waals surface area (Å²) in [5, 5.41) is 43.1. The van der Waals surface area contributed by atoms with Crippen molar-refractivity contribution in [2.24, 2.45) is 28.9 Å². The molecule has 0 unspecified atom stereocenters. The third-order valence-corrected chi connectivity index (χ3v) is 14.8. The summed E-state index contributed by atoms with van der Waals surface area (Å²) in [5.41, 5.74) is 7.49. The van der Waals surface area contributed by atoms with Gasteiger partial charge in [0.2, 0.25) is 29.5 Å². The number of hydrogen-bond acceptors (Lipinski definition) is 13. The van der Waals surface area contributed by atoms with Crippen LogP contribution in [0.1, 0.15) is 141 Å². The van der Waals surface area contributed by atoms with E-state index in [1.807, 2.05) is 51.1 Å². The van der Waals surface area contributed by atoms with E-state index in [1.54, 1.807) is 20.0 Å². The minimum Gasteiger partial charge on any atom is -0.480 e. The highest BCUT2D eigenvalue weighted by Crippen LogP contribution is 2.40. The lowest BCUT2D eigenvalue weighted by atomic mass is 9.81. The molecule has 3 aromatic rings. The van der Waals surface area contributed by atoms with E-state index < -0.39 is 95.5 Å². The molecule has 9 N–H and O–H groups in total. The van der Waals surface area contributed by atoms with Crippen LogP contribution in [-0.4, -0.2) is 151 Å². The number of carbonyl (C=O) groups is 10. The van der Waals surface area contributed by atoms with Gasteiger partial charge in [-0.1, -0.05) is 78.3 Å². The zero-order chi connectivity index (χ0) is 64.9. The zero-order valence-corrected chi connectivity index (χ0v) is 49.7. The smallest absolute Gasteiger partial charge is 0.480 e. The predicted molar refractivity (Wildman–Crippen MR) is 306 cm³/mol. The number of halogens is 5. The second kappa shape index (κ2) is 33.3. The van der Waals surface area contributed by atoms with Crippen LogP contribution in [0.2, 0.25) is 0 Å². The van der Waals surface area contributed by atoms with Crippen LogP contribution in [0.5, 0.6) is 0 Å². The van der Waals surface area contributed by atoms with E-state index in [4.69, 9.17) is 20.7 Å². The number of aliphatic hydroxyl groups is 1. The number of carboxylic acid groups (broad SMARTS) is 2. The Bertz CT molecular complexity index is 2910. The molecule has 2 heterocycles. The Kier molecular flexibility index (Phi) is 27.3. The van der Waals surface area contributed by atoms with Gasteiger partial charge in [-0.15, -0.1) is 0 Å². The van der Waals surface area contributed by atoms with E-state index in [2.05, 4.69) is 21.3 Å². The van der Waals surface area contributed by atoms with Crippen molar-refractivity contribution in [3.63, 3.8) is 0 Å². The first-order valence-corrected chi connectivity index (χ1v) is 28.8. The summed E-state index contributed by atoms with van der Waals surface area (Å²) < 4.78 is 62.5. The number of aliphatic hydroxyl groups excluding tert-OH is 1. The molecule has 1 fully saturated rings. The fraction of sp³-hybridized carbons (Fsp3) is 0.550. The van der Waals surface area contributed by atoms with Crippen LogP contribution in [0, 0.1) is 34.8 Å². The van der Waals surface area contributed by atoms with Crippen molar-refractivity contribution < 1.29 is 85.2 Å². The van der Waals surface area contributed by atoms with Crippen molar-refractivity contribution in [2.45, 2.75) is 161 Å². The lowest BCUT2D eigenvalue weighted by Crippen LogP contribution is -2.49. The lowest BCUT2D eigenvalue weighted by Gasteiger charge is -2.40. The number of carboxylic acids is 2. The number of Topliss-reactive ketones (excluding diaryl/α,β-unsaturated/α-hetero) is 1. The minimum atomic E-state index is -5.08. The van der Waals surface area contributed by atoms with Crippen molar-refractivity contribution in [3.05, 3.63) is 95.3 Å². The molecule has 87 heavy (non-hydrogen) atoms. The number of ketones is 1. The second-order valence-electron chi connectivity index (χ2n) is 23.2. The number of alkyl halides is 3. The quantitative estimate of drug-likeness (QED) is 0.0228. The first-order valence-electron chi connectivity index (χ1n) is 28.8. The second-order valence-corrected chi connectivity index (χ2v) is 23.2. The van der Waals surface area contributed by atoms with Gasteiger partial charge >= 0.3 is 18.1 Å². The summed E-state index contributed by atoms with van der Waals surface area (Å²) in [5.74, 6) is -10.5. The first kappa shape index (κ1) is 71.5. The van der Waals surface area contributed by atoms with Gasteiger partial charge in [-0.2, -0.15) is 18.3 Å². The van der Waals surface area contributed by atoms with Gasteiger partial charge in [0.1, 0.15) is 30.0 Å². The standard InChI is InChI=1S/C58H79F2N9O11.C2HF3O2/c1-35(2)51(65-47(72)18-11-8-14-27-67-48(73)23-24-49(67)74)46(71)29-36(3)54(76)64-44(57(79)80)17-12-13-26-62-55(77)38-19-21-41(31-38)63-56(78)43(61)25-28-68(50(75)34-70)53(58(4,5)6)52-39(30-37-15-9-7-10-16-37)33-69(66-52)45-32-40(59)20-22-42(45)60;3-2(4,5)1(6)7/h7,9-10,15-16,20,22-24,32-33,35-36,38,41,43-44,51,53,70H,8,11-14,17-19,21,25-31,34,61H2,1-6H3,(H,62,77)(H,63,78)(H,64,76)(H,65,72)(H,79,80);(H,6,7)/t36-,38-,41+,43+,44+,51+,53+;/m1./s1. The molecule has 0 saturated heterocycles. The molecule has 2 aliphatic rings. The Hall–Kier alpha value is -7.94. The van der Waals surface area contributed by atoms with Crippen molar-refractivity contribution in [3.8, 4) is 5.69 Å². The Morgan fingerprint density at radius 1 is 0.839 bits per heavy atom. The SMILES string of the molecule is CC(C)[C@H](NC(=O)CCCCCN1C(=O)C=CC1=O)C(=O)C[C@@H](C)C(=O)N[C@@H](CCCCNC(=O)[C@@H]1CC[C@H](NC(=O)[C@@H](N)CCN(C(=O)CO)[C@@H](c2nn(-c3cc(F)ccc3F)cc2Cc2ccccc2)C(C)(C)C)C1)C(=O)O.O=C(O)C(F)(F)F. The number of imide groups is 1. The van der Waals surface area contributed by atoms with Gasteiger partial charge in [0.15, 0.2) is 5.78 Å². The molecule has 27 heteroatoms. The molecule has 1 aliphatic heterocycles. The highest BCUT2D eigenvalue weighted by Gasteiger charge is 2.40. The largest absolute Gasteiger partial charge is 0.490 e. The number of unbranched alkanes of at least 4 members (excludes halogenated alkanes) is 3. The molecule has 1 saturated carbocycles. The summed E-state index contributed by atoms with van der Waals surface area (Å²) in [6.45, 7) is 10.2. The van der Waals surface area contributed by atoms with E-state index in [9.17, 15) is 70.9 Å². The molecule has 0 radical (unpaired) electrons. The Morgan fingerprint density at radius 3 is 2.09 bits per heavy atom. The van der Waals surface area contributed by atoms with Crippen LogP contribution in [-0.2, 0) is 54.4 Å². The van der Waals surface area contributed by atoms with Crippen LogP contribution in [0.25, 0.3) is 5.69 Å². The van der Waals surface area contributed by atoms with E-state index in [0.29, 0.717) is 69.0 Å². The summed E-state index contributed by atoms with van der Waals surface area (Å²) in [4.78, 5) is 127. The maximum Gasteiger partial charge on any atom is 0.490 e. The van der Waals surface area contributed by atoms with Crippen molar-refractivity contribution in [2.75, 3.05) is 26.2 Å². The van der Waals surface area contributed by atoms with Crippen molar-refractivity contribution in [1.29, 1.82) is 0 Å². The average Bonchev–Trinajstić information content (AvgIpc) is 1.78. The molecule has 1 aliphatic carbocycles. The van der Waals surface area contributed by atoms with Crippen molar-refractivity contribution >= 4 is 59.1 Å². The Morgan fingerprint density at radius 2 is 1.49 bits per heavy atom. The van der Waals surface area contributed by atoms with Crippen LogP contribution in [0.15, 0.2) is 66.9 Å². The number of nitrogens with two attached hydrogens (primary N) is 1. The van der Waals surface area contributed by atoms with Crippen LogP contribution in [0.3, 0.4) is 0 Å². The maximum atomic E-state index is 15.1. The summed E-state index contributed by atoms with van der Waals surface area (Å²) in [6.07, 6.45) is 2.86. The number of amides is 7. The summed E-state index contributed by atoms with van der Waals surface area (Å²) in [6, 6.07) is 8.05. The van der Waals surface area contributed by atoms with Gasteiger partial charge in [-0.05, 0) is 86.8 Å². The van der Waals surface area contributed by atoms with Crippen LogP contribution >= 0.6 is 0 Å². The molecule has 478 valence electrons. The number of nitrogens with zero attached hydrogens (tertiary/aromatic N) is 4. The third kappa shape index (κ3) is 22.4. The van der Waals surface area contributed by atoms with E-state index in [0.717, 1.165) is 28.7 Å². The van der Waals surface area contributed by atoms with E-state index in [1.165, 1.54) is 28.7 Å². The number of rotatable bonds is 31. The molecule has 22 nitrogen and oxygen atoms in total. The molecule has 7 atom stereocenters. The zero-order valence-electron chi connectivity index (χ0n) is 49.7. The summed E-state index contributed by atoms with van der Waals surface area (Å²) >= 11 is 0. The van der Waals surface area contributed by atoms with Gasteiger partial charge in [0, 0.05) is 86.8 Å². The molecule has 0 spiro atoms. The first-order chi connectivity index (χ1) is 40.8. The van der Waals surface area contributed by atoms with Gasteiger partial charge < -0.3 is 47.2 Å². The van der Waals surface area contributed by atoms with E-state index in [-0.39, 0.29) is 92.4 Å². The number of benzene rings is 2. The molecule has 1 aromatic heterocycles. The molecule has 0 bridgehead atoms. The molecule has 7 amide bonds. The van der Waals surface area contributed by atoms with Crippen LogP contribution in [0.4, 0.5) is 22.0 Å². The number of aliphatic carboxylic acids is 2. The van der Waals surface area contributed by atoms with Crippen molar-refractivity contribution in [1.82, 2.24) is 40.8 Å². The highest BCUT2D eigenvalue weighted by atomic mass is 19.4. The Balaban J connectivity index is 0.00000217. The van der Waals surface area contributed by atoms with Crippen LogP contribution < -0.4 is 27.0 Å². The average molecular weight is 1230 g/mol. The minimum absolute atomic E-state index is 0.0156. The molecular weight excluding hydrogens is 1150 g/mol. The maximum absolute atomic E-state index is 15.1. The molecular formula is C60H80F5N9O13. The predicted octanol–water partition coefficient (Wildman–Crippen LogP) is 5.36. The Labute approximate surface area is 501 Å². The molecule has 2 aromatic carbocycles. The third-order valence-electron chi connectivity index (χ3n) is 14.8. The van der Waals surface area contributed by atoms with Gasteiger partial charge in [-0.3, -0.25) is 43.3 Å². The monoisotopic (exact) mass is 1230 g/mol. The fourth-order valence-corrected chi connectivity index (χ4v) is 10.1. The number of nitrogens with one attached hydrogen (secondary N) is 4. The highest BCUT2D eigenvalue weighted by molar-refractivity contribution is 6.12.